The first-order valence-electron chi connectivity index (χ1n) is 15.2. The Morgan fingerprint density at radius 1 is 0.953 bits per heavy atom. The van der Waals surface area contributed by atoms with E-state index in [1.807, 2.05) is 29.2 Å². The lowest BCUT2D eigenvalue weighted by Crippen LogP contribution is -2.50. The van der Waals surface area contributed by atoms with Crippen molar-refractivity contribution in [2.45, 2.75) is 30.8 Å². The van der Waals surface area contributed by atoms with Crippen LogP contribution in [-0.2, 0) is 14.3 Å². The Labute approximate surface area is 259 Å². The van der Waals surface area contributed by atoms with Gasteiger partial charge in [0.15, 0.2) is 0 Å². The molecule has 2 unspecified atom stereocenters. The highest BCUT2D eigenvalue weighted by molar-refractivity contribution is 6.30. The Bertz CT molecular complexity index is 1290. The summed E-state index contributed by atoms with van der Waals surface area (Å²) < 4.78 is 5.52. The van der Waals surface area contributed by atoms with Gasteiger partial charge in [0.2, 0.25) is 11.8 Å². The van der Waals surface area contributed by atoms with Crippen LogP contribution in [0.3, 0.4) is 0 Å². The number of halogens is 1. The fourth-order valence-electron chi connectivity index (χ4n) is 5.79. The average Bonchev–Trinajstić information content (AvgIpc) is 3.20. The van der Waals surface area contributed by atoms with Gasteiger partial charge in [-0.2, -0.15) is 0 Å². The fourth-order valence-corrected chi connectivity index (χ4v) is 5.92. The van der Waals surface area contributed by atoms with E-state index in [4.69, 9.17) is 16.3 Å². The number of amides is 2. The summed E-state index contributed by atoms with van der Waals surface area (Å²) in [7, 11) is 0. The van der Waals surface area contributed by atoms with E-state index in [0.717, 1.165) is 44.8 Å². The molecule has 0 aliphatic carbocycles. The molecule has 3 aromatic carbocycles. The lowest BCUT2D eigenvalue weighted by atomic mass is 9.90. The van der Waals surface area contributed by atoms with Gasteiger partial charge >= 0.3 is 0 Å². The summed E-state index contributed by atoms with van der Waals surface area (Å²) in [5, 5.41) is 7.32. The van der Waals surface area contributed by atoms with Gasteiger partial charge in [-0.15, -0.1) is 0 Å². The van der Waals surface area contributed by atoms with Crippen LogP contribution in [0.4, 0.5) is 0 Å². The van der Waals surface area contributed by atoms with Crippen molar-refractivity contribution in [1.82, 2.24) is 20.4 Å². The maximum atomic E-state index is 14.1. The van der Waals surface area contributed by atoms with Crippen molar-refractivity contribution in [3.8, 4) is 0 Å². The molecule has 8 heteroatoms. The van der Waals surface area contributed by atoms with E-state index in [0.29, 0.717) is 31.1 Å². The van der Waals surface area contributed by atoms with Gasteiger partial charge in [-0.25, -0.2) is 0 Å². The van der Waals surface area contributed by atoms with E-state index in [-0.39, 0.29) is 29.8 Å². The van der Waals surface area contributed by atoms with Gasteiger partial charge in [0.05, 0.1) is 19.3 Å². The van der Waals surface area contributed by atoms with Crippen molar-refractivity contribution < 1.29 is 14.3 Å². The van der Waals surface area contributed by atoms with E-state index in [1.165, 1.54) is 17.2 Å². The Morgan fingerprint density at radius 3 is 2.26 bits per heavy atom. The Morgan fingerprint density at radius 2 is 1.60 bits per heavy atom. The quantitative estimate of drug-likeness (QED) is 0.315. The summed E-state index contributed by atoms with van der Waals surface area (Å²) in [4.78, 5) is 31.2. The smallest absolute Gasteiger partial charge is 0.244 e. The minimum Gasteiger partial charge on any atom is -0.379 e. The Balaban J connectivity index is 1.28. The summed E-state index contributed by atoms with van der Waals surface area (Å²) in [5.74, 6) is 0.0318. The molecule has 43 heavy (non-hydrogen) atoms. The molecule has 7 nitrogen and oxygen atoms in total. The van der Waals surface area contributed by atoms with Gasteiger partial charge in [0.1, 0.15) is 0 Å². The highest BCUT2D eigenvalue weighted by Gasteiger charge is 2.33. The minimum atomic E-state index is -0.330. The zero-order valence-corrected chi connectivity index (χ0v) is 25.3. The zero-order chi connectivity index (χ0) is 29.9. The zero-order valence-electron chi connectivity index (χ0n) is 24.5. The van der Waals surface area contributed by atoms with Crippen LogP contribution in [0.15, 0.2) is 91.0 Å². The summed E-state index contributed by atoms with van der Waals surface area (Å²) in [6.07, 6.45) is 4.77. The number of morpholine rings is 1. The van der Waals surface area contributed by atoms with Gasteiger partial charge in [-0.05, 0) is 47.7 Å². The first-order chi connectivity index (χ1) is 21.0. The number of nitrogens with zero attached hydrogens (tertiary/aromatic N) is 2. The van der Waals surface area contributed by atoms with E-state index in [9.17, 15) is 9.59 Å². The maximum absolute atomic E-state index is 14.1. The molecule has 2 heterocycles. The maximum Gasteiger partial charge on any atom is 0.244 e. The van der Waals surface area contributed by atoms with Gasteiger partial charge < -0.3 is 20.3 Å². The summed E-state index contributed by atoms with van der Waals surface area (Å²) >= 11 is 5.97. The molecular formula is C35H41ClN4O3. The van der Waals surface area contributed by atoms with Crippen molar-refractivity contribution in [1.29, 1.82) is 0 Å². The van der Waals surface area contributed by atoms with Crippen LogP contribution >= 0.6 is 11.6 Å². The summed E-state index contributed by atoms with van der Waals surface area (Å²) in [5.41, 5.74) is 3.29. The second-order valence-corrected chi connectivity index (χ2v) is 11.7. The average molecular weight is 601 g/mol. The molecule has 0 aromatic heterocycles. The van der Waals surface area contributed by atoms with Crippen LogP contribution in [0.1, 0.15) is 35.4 Å². The molecule has 2 amide bonds. The van der Waals surface area contributed by atoms with Crippen LogP contribution < -0.4 is 10.6 Å². The van der Waals surface area contributed by atoms with Crippen LogP contribution in [0.5, 0.6) is 0 Å². The fraction of sp³-hybridized carbons (Fsp3) is 0.371. The van der Waals surface area contributed by atoms with Crippen LogP contribution in [0.2, 0.25) is 5.02 Å². The Kier molecular flexibility index (Phi) is 11.4. The summed E-state index contributed by atoms with van der Waals surface area (Å²) in [6.45, 7) is 5.72. The largest absolute Gasteiger partial charge is 0.379 e. The highest BCUT2D eigenvalue weighted by Crippen LogP contribution is 2.27. The lowest BCUT2D eigenvalue weighted by molar-refractivity contribution is -0.133. The molecule has 226 valence electrons. The number of carbonyl (C=O) groups is 2. The van der Waals surface area contributed by atoms with Gasteiger partial charge in [0, 0.05) is 62.3 Å². The van der Waals surface area contributed by atoms with Gasteiger partial charge in [0.25, 0.3) is 0 Å². The topological polar surface area (TPSA) is 73.9 Å². The van der Waals surface area contributed by atoms with Crippen LogP contribution in [0, 0.1) is 0 Å². The number of hydrogen-bond donors (Lipinski definition) is 2. The van der Waals surface area contributed by atoms with E-state index < -0.39 is 0 Å². The molecule has 5 rings (SSSR count). The number of nitrogens with one attached hydrogen (secondary N) is 2. The number of hydrogen-bond acceptors (Lipinski definition) is 5. The van der Waals surface area contributed by atoms with Crippen molar-refractivity contribution >= 4 is 29.5 Å². The van der Waals surface area contributed by atoms with E-state index in [2.05, 4.69) is 64.1 Å². The van der Waals surface area contributed by atoms with Crippen LogP contribution in [-0.4, -0.2) is 86.2 Å². The third-order valence-electron chi connectivity index (χ3n) is 8.26. The molecule has 2 fully saturated rings. The SMILES string of the molecule is O=C(C=Cc1ccc(Cl)cc1)NCC1CCN(CC(c2ccccc2)c2ccccc2)C(=O)C(CCN2CCOCC2)N1. The predicted octanol–water partition coefficient (Wildman–Crippen LogP) is 4.58. The standard InChI is InChI=1S/C35H41ClN4O3/c36-30-14-11-27(12-15-30)13-16-34(41)37-25-31-17-20-40(35(42)33(38-31)18-19-39-21-23-43-24-22-39)26-32(28-7-3-1-4-8-28)29-9-5-2-6-10-29/h1-16,31-33,38H,17-26H2,(H,37,41). The predicted molar refractivity (Wildman–Crippen MR) is 172 cm³/mol. The lowest BCUT2D eigenvalue weighted by Gasteiger charge is -2.31. The molecule has 0 saturated carbocycles. The monoisotopic (exact) mass is 600 g/mol. The highest BCUT2D eigenvalue weighted by atomic mass is 35.5. The second-order valence-electron chi connectivity index (χ2n) is 11.2. The molecule has 0 bridgehead atoms. The molecule has 2 aliphatic heterocycles. The molecule has 2 aliphatic rings. The normalized spacial score (nSPS) is 20.0. The molecule has 0 radical (unpaired) electrons. The van der Waals surface area contributed by atoms with E-state index >= 15 is 0 Å². The summed E-state index contributed by atoms with van der Waals surface area (Å²) in [6, 6.07) is 27.8. The molecule has 0 spiro atoms. The number of benzene rings is 3. The molecule has 2 N–H and O–H groups in total. The number of carbonyl (C=O) groups excluding carboxylic acids is 2. The minimum absolute atomic E-state index is 0.0246. The van der Waals surface area contributed by atoms with Crippen molar-refractivity contribution in [3.63, 3.8) is 0 Å². The van der Waals surface area contributed by atoms with Crippen molar-refractivity contribution in [2.24, 2.45) is 0 Å². The third-order valence-corrected chi connectivity index (χ3v) is 8.51. The molecular weight excluding hydrogens is 560 g/mol. The van der Waals surface area contributed by atoms with Crippen molar-refractivity contribution in [3.05, 3.63) is 113 Å². The van der Waals surface area contributed by atoms with Gasteiger partial charge in [-0.1, -0.05) is 84.4 Å². The first kappa shape index (κ1) is 31.0. The Hall–Kier alpha value is -3.49. The van der Waals surface area contributed by atoms with E-state index in [1.54, 1.807) is 18.2 Å². The molecule has 2 saturated heterocycles. The van der Waals surface area contributed by atoms with Gasteiger partial charge in [-0.3, -0.25) is 14.5 Å². The second kappa shape index (κ2) is 15.8. The third kappa shape index (κ3) is 9.25. The molecule has 3 aromatic rings. The number of ether oxygens (including phenoxy) is 1. The molecule has 2 atom stereocenters. The first-order valence-corrected chi connectivity index (χ1v) is 15.6. The van der Waals surface area contributed by atoms with Crippen LogP contribution in [0.25, 0.3) is 6.08 Å². The van der Waals surface area contributed by atoms with Crippen molar-refractivity contribution in [2.75, 3.05) is 52.5 Å². The number of rotatable bonds is 11.